The molecule has 0 spiro atoms. The average molecular weight is 394 g/mol. The highest BCUT2D eigenvalue weighted by molar-refractivity contribution is 8.00. The van der Waals surface area contributed by atoms with E-state index in [1.807, 2.05) is 60.3 Å². The molecule has 0 radical (unpaired) electrons. The maximum absolute atomic E-state index is 13.0. The highest BCUT2D eigenvalue weighted by atomic mass is 32.2. The molecule has 0 atom stereocenters. The van der Waals surface area contributed by atoms with Crippen molar-refractivity contribution >= 4 is 23.4 Å². The maximum atomic E-state index is 13.0. The number of ether oxygens (including phenoxy) is 1. The van der Waals surface area contributed by atoms with Crippen LogP contribution in [0.2, 0.25) is 0 Å². The quantitative estimate of drug-likeness (QED) is 0.628. The van der Waals surface area contributed by atoms with E-state index in [-0.39, 0.29) is 11.6 Å². The van der Waals surface area contributed by atoms with Crippen LogP contribution in [0.5, 0.6) is 5.75 Å². The van der Waals surface area contributed by atoms with Gasteiger partial charge in [0.05, 0.1) is 24.7 Å². The standard InChI is InChI=1S/C22H23N3O2S/c1-27-19-15-25(16-9-3-2-4-10-16)24-21(19)22(26)23-18-13-7-8-14-20(18)28-17-11-5-6-12-17/h2-4,7-10,13-15,17H,5-6,11-12H2,1H3,(H,23,26). The van der Waals surface area contributed by atoms with Crippen LogP contribution in [0.15, 0.2) is 65.7 Å². The Bertz CT molecular complexity index is 949. The summed E-state index contributed by atoms with van der Waals surface area (Å²) in [5.41, 5.74) is 1.96. The Hall–Kier alpha value is -2.73. The largest absolute Gasteiger partial charge is 0.493 e. The molecule has 1 saturated carbocycles. The summed E-state index contributed by atoms with van der Waals surface area (Å²) in [5, 5.41) is 8.11. The minimum absolute atomic E-state index is 0.270. The van der Waals surface area contributed by atoms with Gasteiger partial charge in [-0.25, -0.2) is 4.68 Å². The number of thioether (sulfide) groups is 1. The lowest BCUT2D eigenvalue weighted by atomic mass is 10.3. The maximum Gasteiger partial charge on any atom is 0.280 e. The normalized spacial score (nSPS) is 14.2. The zero-order valence-electron chi connectivity index (χ0n) is 15.8. The van der Waals surface area contributed by atoms with E-state index in [1.54, 1.807) is 18.0 Å². The predicted molar refractivity (Wildman–Crippen MR) is 113 cm³/mol. The van der Waals surface area contributed by atoms with E-state index in [0.29, 0.717) is 11.0 Å². The molecule has 0 saturated heterocycles. The molecule has 0 unspecified atom stereocenters. The van der Waals surface area contributed by atoms with Crippen molar-refractivity contribution in [2.24, 2.45) is 0 Å². The summed E-state index contributed by atoms with van der Waals surface area (Å²) in [4.78, 5) is 14.1. The van der Waals surface area contributed by atoms with Gasteiger partial charge in [0, 0.05) is 10.1 Å². The van der Waals surface area contributed by atoms with Crippen LogP contribution >= 0.6 is 11.8 Å². The Labute approximate surface area is 169 Å². The van der Waals surface area contributed by atoms with E-state index < -0.39 is 0 Å². The monoisotopic (exact) mass is 393 g/mol. The smallest absolute Gasteiger partial charge is 0.280 e. The Morgan fingerprint density at radius 3 is 2.57 bits per heavy atom. The molecule has 144 valence electrons. The van der Waals surface area contributed by atoms with Gasteiger partial charge in [-0.05, 0) is 37.1 Å². The van der Waals surface area contributed by atoms with Crippen LogP contribution in [0.1, 0.15) is 36.2 Å². The van der Waals surface area contributed by atoms with E-state index in [0.717, 1.165) is 16.3 Å². The Balaban J connectivity index is 1.56. The summed E-state index contributed by atoms with van der Waals surface area (Å²) >= 11 is 1.86. The van der Waals surface area contributed by atoms with Gasteiger partial charge in [0.25, 0.3) is 5.91 Å². The number of nitrogens with zero attached hydrogens (tertiary/aromatic N) is 2. The first-order valence-electron chi connectivity index (χ1n) is 9.50. The highest BCUT2D eigenvalue weighted by Crippen LogP contribution is 2.38. The molecule has 1 aliphatic rings. The molecule has 4 rings (SSSR count). The number of rotatable bonds is 6. The molecule has 1 aliphatic carbocycles. The molecule has 3 aromatic rings. The molecule has 0 bridgehead atoms. The molecule has 28 heavy (non-hydrogen) atoms. The van der Waals surface area contributed by atoms with Crippen LogP contribution in [0.4, 0.5) is 5.69 Å². The number of amides is 1. The van der Waals surface area contributed by atoms with Crippen LogP contribution in [0.3, 0.4) is 0 Å². The summed E-state index contributed by atoms with van der Waals surface area (Å²) in [5.74, 6) is 0.174. The molecule has 2 aromatic carbocycles. The molecular weight excluding hydrogens is 370 g/mol. The summed E-state index contributed by atoms with van der Waals surface area (Å²) in [6.45, 7) is 0. The summed E-state index contributed by atoms with van der Waals surface area (Å²) in [6, 6.07) is 17.6. The van der Waals surface area contributed by atoms with Gasteiger partial charge in [0.2, 0.25) is 0 Å². The number of para-hydroxylation sites is 2. The van der Waals surface area contributed by atoms with Crippen molar-refractivity contribution in [2.45, 2.75) is 35.8 Å². The number of nitrogens with one attached hydrogen (secondary N) is 1. The lowest BCUT2D eigenvalue weighted by molar-refractivity contribution is 0.101. The van der Waals surface area contributed by atoms with Crippen molar-refractivity contribution < 1.29 is 9.53 Å². The fourth-order valence-corrected chi connectivity index (χ4v) is 4.75. The van der Waals surface area contributed by atoms with E-state index in [1.165, 1.54) is 25.7 Å². The van der Waals surface area contributed by atoms with Gasteiger partial charge in [-0.3, -0.25) is 4.79 Å². The van der Waals surface area contributed by atoms with Crippen LogP contribution in [0.25, 0.3) is 5.69 Å². The fourth-order valence-electron chi connectivity index (χ4n) is 3.42. The van der Waals surface area contributed by atoms with Gasteiger partial charge in [-0.2, -0.15) is 5.10 Å². The number of anilines is 1. The lowest BCUT2D eigenvalue weighted by Gasteiger charge is -2.13. The van der Waals surface area contributed by atoms with Crippen molar-refractivity contribution in [1.29, 1.82) is 0 Å². The second-order valence-electron chi connectivity index (χ2n) is 6.80. The van der Waals surface area contributed by atoms with Crippen LogP contribution in [0, 0.1) is 0 Å². The Kier molecular flexibility index (Phi) is 5.67. The molecule has 5 nitrogen and oxygen atoms in total. The zero-order chi connectivity index (χ0) is 19.3. The van der Waals surface area contributed by atoms with Gasteiger partial charge in [0.15, 0.2) is 11.4 Å². The number of hydrogen-bond acceptors (Lipinski definition) is 4. The number of methoxy groups -OCH3 is 1. The molecule has 6 heteroatoms. The average Bonchev–Trinajstić information content (AvgIpc) is 3.40. The number of aromatic nitrogens is 2. The van der Waals surface area contributed by atoms with Gasteiger partial charge in [-0.1, -0.05) is 43.2 Å². The highest BCUT2D eigenvalue weighted by Gasteiger charge is 2.21. The van der Waals surface area contributed by atoms with Crippen LogP contribution in [-0.4, -0.2) is 28.0 Å². The first-order chi connectivity index (χ1) is 13.7. The van der Waals surface area contributed by atoms with Crippen molar-refractivity contribution in [3.63, 3.8) is 0 Å². The van der Waals surface area contributed by atoms with Crippen LogP contribution in [-0.2, 0) is 0 Å². The molecule has 0 aliphatic heterocycles. The third-order valence-corrected chi connectivity index (χ3v) is 6.28. The van der Waals surface area contributed by atoms with E-state index in [9.17, 15) is 4.79 Å². The number of carbonyl (C=O) groups excluding carboxylic acids is 1. The molecule has 1 aromatic heterocycles. The minimum atomic E-state index is -0.272. The van der Waals surface area contributed by atoms with Gasteiger partial charge in [0.1, 0.15) is 0 Å². The third kappa shape index (κ3) is 4.07. The summed E-state index contributed by atoms with van der Waals surface area (Å²) in [6.07, 6.45) is 6.79. The number of carbonyl (C=O) groups is 1. The summed E-state index contributed by atoms with van der Waals surface area (Å²) < 4.78 is 7.05. The molecule has 1 amide bonds. The fraction of sp³-hybridized carbons (Fsp3) is 0.273. The number of hydrogen-bond donors (Lipinski definition) is 1. The van der Waals surface area contributed by atoms with Crippen LogP contribution < -0.4 is 10.1 Å². The first kappa shape index (κ1) is 18.6. The molecule has 1 heterocycles. The molecule has 1 N–H and O–H groups in total. The van der Waals surface area contributed by atoms with E-state index >= 15 is 0 Å². The Morgan fingerprint density at radius 1 is 1.11 bits per heavy atom. The lowest BCUT2D eigenvalue weighted by Crippen LogP contribution is -2.15. The SMILES string of the molecule is COc1cn(-c2ccccc2)nc1C(=O)Nc1ccccc1SC1CCCC1. The summed E-state index contributed by atoms with van der Waals surface area (Å²) in [7, 11) is 1.55. The molecular formula is C22H23N3O2S. The van der Waals surface area contributed by atoms with Crippen molar-refractivity contribution in [2.75, 3.05) is 12.4 Å². The van der Waals surface area contributed by atoms with E-state index in [2.05, 4.69) is 16.5 Å². The van der Waals surface area contributed by atoms with E-state index in [4.69, 9.17) is 4.74 Å². The zero-order valence-corrected chi connectivity index (χ0v) is 16.6. The van der Waals surface area contributed by atoms with Crippen molar-refractivity contribution in [3.05, 3.63) is 66.5 Å². The van der Waals surface area contributed by atoms with Crippen molar-refractivity contribution in [3.8, 4) is 11.4 Å². The topological polar surface area (TPSA) is 56.2 Å². The van der Waals surface area contributed by atoms with Gasteiger partial charge in [-0.15, -0.1) is 11.8 Å². The van der Waals surface area contributed by atoms with Gasteiger partial charge < -0.3 is 10.1 Å². The van der Waals surface area contributed by atoms with Crippen molar-refractivity contribution in [1.82, 2.24) is 9.78 Å². The van der Waals surface area contributed by atoms with Gasteiger partial charge >= 0.3 is 0 Å². The first-order valence-corrected chi connectivity index (χ1v) is 10.4. The molecule has 1 fully saturated rings. The third-order valence-electron chi connectivity index (χ3n) is 4.87. The predicted octanol–water partition coefficient (Wildman–Crippen LogP) is 5.17. The minimum Gasteiger partial charge on any atom is -0.493 e. The second-order valence-corrected chi connectivity index (χ2v) is 8.14. The second kappa shape index (κ2) is 8.52. The number of benzene rings is 2. The Morgan fingerprint density at radius 2 is 1.82 bits per heavy atom.